The summed E-state index contributed by atoms with van der Waals surface area (Å²) in [5, 5.41) is 5.67. The van der Waals surface area contributed by atoms with E-state index in [2.05, 4.69) is 10.6 Å². The fourth-order valence-electron chi connectivity index (χ4n) is 4.49. The van der Waals surface area contributed by atoms with E-state index in [-0.39, 0.29) is 29.7 Å². The lowest BCUT2D eigenvalue weighted by Gasteiger charge is -2.36. The Morgan fingerprint density at radius 3 is 2.44 bits per heavy atom. The van der Waals surface area contributed by atoms with Crippen molar-refractivity contribution in [2.75, 3.05) is 11.9 Å². The second-order valence-corrected chi connectivity index (χ2v) is 10.9. The van der Waals surface area contributed by atoms with E-state index in [9.17, 15) is 18.0 Å². The van der Waals surface area contributed by atoms with Gasteiger partial charge in [0, 0.05) is 31.6 Å². The van der Waals surface area contributed by atoms with Crippen LogP contribution in [0, 0.1) is 6.92 Å². The molecule has 0 spiro atoms. The van der Waals surface area contributed by atoms with Crippen molar-refractivity contribution >= 4 is 27.5 Å². The zero-order valence-corrected chi connectivity index (χ0v) is 21.3. The highest BCUT2D eigenvalue weighted by atomic mass is 32.2. The normalized spacial score (nSPS) is 15.7. The van der Waals surface area contributed by atoms with Crippen LogP contribution >= 0.6 is 0 Å². The molecule has 1 heterocycles. The van der Waals surface area contributed by atoms with E-state index < -0.39 is 16.1 Å². The first-order valence-corrected chi connectivity index (χ1v) is 13.5. The lowest BCUT2D eigenvalue weighted by Crippen LogP contribution is -2.42. The molecule has 1 aliphatic heterocycles. The lowest BCUT2D eigenvalue weighted by molar-refractivity contribution is -0.122. The molecule has 1 atom stereocenters. The molecule has 2 N–H and O–H groups in total. The third kappa shape index (κ3) is 5.83. The van der Waals surface area contributed by atoms with Crippen molar-refractivity contribution in [3.05, 3.63) is 95.1 Å². The molecule has 8 heteroatoms. The molecule has 0 unspecified atom stereocenters. The number of hydrogen-bond donors (Lipinski definition) is 2. The van der Waals surface area contributed by atoms with Gasteiger partial charge in [0.15, 0.2) is 0 Å². The fourth-order valence-corrected chi connectivity index (χ4v) is 6.10. The molecule has 0 aromatic heterocycles. The third-order valence-corrected chi connectivity index (χ3v) is 8.30. The Morgan fingerprint density at radius 2 is 1.72 bits per heavy atom. The minimum atomic E-state index is -3.88. The molecule has 0 radical (unpaired) electrons. The number of hydrogen-bond acceptors (Lipinski definition) is 4. The number of anilines is 1. The van der Waals surface area contributed by atoms with Crippen LogP contribution in [0.4, 0.5) is 5.69 Å². The van der Waals surface area contributed by atoms with Crippen molar-refractivity contribution in [1.82, 2.24) is 9.62 Å². The van der Waals surface area contributed by atoms with Gasteiger partial charge in [0.2, 0.25) is 21.8 Å². The average molecular weight is 506 g/mol. The molecule has 0 saturated heterocycles. The van der Waals surface area contributed by atoms with E-state index >= 15 is 0 Å². The van der Waals surface area contributed by atoms with Gasteiger partial charge in [-0.15, -0.1) is 0 Å². The summed E-state index contributed by atoms with van der Waals surface area (Å²) >= 11 is 0. The van der Waals surface area contributed by atoms with Gasteiger partial charge in [0.25, 0.3) is 0 Å². The fraction of sp³-hybridized carbons (Fsp3) is 0.286. The molecule has 4 rings (SSSR count). The van der Waals surface area contributed by atoms with E-state index in [1.165, 1.54) is 16.4 Å². The summed E-state index contributed by atoms with van der Waals surface area (Å²) in [4.78, 5) is 24.8. The monoisotopic (exact) mass is 505 g/mol. The number of benzene rings is 3. The van der Waals surface area contributed by atoms with Crippen molar-refractivity contribution < 1.29 is 18.0 Å². The summed E-state index contributed by atoms with van der Waals surface area (Å²) in [5.74, 6) is -0.356. The number of amides is 2. The molecule has 36 heavy (non-hydrogen) atoms. The Hall–Kier alpha value is -3.49. The molecular formula is C28H31N3O4S. The van der Waals surface area contributed by atoms with E-state index in [1.54, 1.807) is 19.1 Å². The van der Waals surface area contributed by atoms with Crippen molar-refractivity contribution in [3.63, 3.8) is 0 Å². The van der Waals surface area contributed by atoms with Gasteiger partial charge in [-0.2, -0.15) is 4.31 Å². The van der Waals surface area contributed by atoms with E-state index in [4.69, 9.17) is 0 Å². The molecule has 0 fully saturated rings. The first kappa shape index (κ1) is 25.6. The smallest absolute Gasteiger partial charge is 0.243 e. The molecule has 1 aliphatic rings. The molecule has 2 amide bonds. The number of nitrogens with zero attached hydrogens (tertiary/aromatic N) is 1. The van der Waals surface area contributed by atoms with E-state index in [0.29, 0.717) is 25.1 Å². The highest BCUT2D eigenvalue weighted by molar-refractivity contribution is 7.89. The van der Waals surface area contributed by atoms with Gasteiger partial charge in [0.1, 0.15) is 0 Å². The SMILES string of the molecule is CCC(=O)Nc1ccc(S(=O)(=O)N2CCc3ccccc3[C@@H]2CC(=O)NCc2cccc(C)c2)cc1. The average Bonchev–Trinajstić information content (AvgIpc) is 2.88. The quantitative estimate of drug-likeness (QED) is 0.476. The van der Waals surface area contributed by atoms with Crippen LogP contribution in [0.15, 0.2) is 77.7 Å². The number of rotatable bonds is 8. The Morgan fingerprint density at radius 1 is 0.972 bits per heavy atom. The van der Waals surface area contributed by atoms with Gasteiger partial charge < -0.3 is 10.6 Å². The van der Waals surface area contributed by atoms with Crippen LogP contribution in [-0.2, 0) is 32.6 Å². The topological polar surface area (TPSA) is 95.6 Å². The van der Waals surface area contributed by atoms with Crippen molar-refractivity contribution in [3.8, 4) is 0 Å². The Balaban J connectivity index is 1.56. The van der Waals surface area contributed by atoms with Crippen molar-refractivity contribution in [2.24, 2.45) is 0 Å². The van der Waals surface area contributed by atoms with Crippen molar-refractivity contribution in [1.29, 1.82) is 0 Å². The minimum absolute atomic E-state index is 0.0205. The second-order valence-electron chi connectivity index (χ2n) is 8.98. The summed E-state index contributed by atoms with van der Waals surface area (Å²) in [6.07, 6.45) is 0.926. The first-order valence-electron chi connectivity index (χ1n) is 12.1. The maximum atomic E-state index is 13.7. The van der Waals surface area contributed by atoms with Crippen LogP contribution in [0.1, 0.15) is 48.1 Å². The predicted octanol–water partition coefficient (Wildman–Crippen LogP) is 4.34. The van der Waals surface area contributed by atoms with E-state index in [0.717, 1.165) is 22.3 Å². The van der Waals surface area contributed by atoms with Crippen LogP contribution in [0.2, 0.25) is 0 Å². The summed E-state index contributed by atoms with van der Waals surface area (Å²) in [7, 11) is -3.88. The number of carbonyl (C=O) groups excluding carboxylic acids is 2. The zero-order chi connectivity index (χ0) is 25.7. The van der Waals surface area contributed by atoms with Gasteiger partial charge >= 0.3 is 0 Å². The summed E-state index contributed by atoms with van der Waals surface area (Å²) < 4.78 is 28.8. The number of carbonyl (C=O) groups is 2. The van der Waals surface area contributed by atoms with Crippen LogP contribution in [-0.4, -0.2) is 31.1 Å². The third-order valence-electron chi connectivity index (χ3n) is 6.38. The van der Waals surface area contributed by atoms with Gasteiger partial charge in [-0.05, 0) is 54.3 Å². The standard InChI is InChI=1S/C28H31N3O4S/c1-3-27(32)30-23-11-13-24(14-12-23)36(34,35)31-16-15-22-9-4-5-10-25(22)26(31)18-28(33)29-19-21-8-6-7-20(2)17-21/h4-14,17,26H,3,15-16,18-19H2,1-2H3,(H,29,33)(H,30,32)/t26-/m0/s1. The number of nitrogens with one attached hydrogen (secondary N) is 2. The second kappa shape index (κ2) is 11.1. The number of sulfonamides is 1. The number of aryl methyl sites for hydroxylation is 1. The molecule has 3 aromatic rings. The molecule has 188 valence electrons. The zero-order valence-electron chi connectivity index (χ0n) is 20.5. The largest absolute Gasteiger partial charge is 0.352 e. The van der Waals surface area contributed by atoms with Gasteiger partial charge in [0.05, 0.1) is 10.9 Å². The maximum absolute atomic E-state index is 13.7. The van der Waals surface area contributed by atoms with Crippen LogP contribution in [0.25, 0.3) is 0 Å². The molecule has 0 bridgehead atoms. The van der Waals surface area contributed by atoms with Crippen molar-refractivity contribution in [2.45, 2.75) is 50.6 Å². The maximum Gasteiger partial charge on any atom is 0.243 e. The van der Waals surface area contributed by atoms with Crippen LogP contribution in [0.5, 0.6) is 0 Å². The predicted molar refractivity (Wildman–Crippen MR) is 140 cm³/mol. The molecule has 0 saturated carbocycles. The molecule has 0 aliphatic carbocycles. The van der Waals surface area contributed by atoms with Gasteiger partial charge in [-0.3, -0.25) is 9.59 Å². The Bertz CT molecular complexity index is 1350. The molecule has 7 nitrogen and oxygen atoms in total. The van der Waals surface area contributed by atoms with Gasteiger partial charge in [-0.1, -0.05) is 61.0 Å². The van der Waals surface area contributed by atoms with Gasteiger partial charge in [-0.25, -0.2) is 8.42 Å². The first-order chi connectivity index (χ1) is 17.3. The van der Waals surface area contributed by atoms with E-state index in [1.807, 2.05) is 55.5 Å². The minimum Gasteiger partial charge on any atom is -0.352 e. The highest BCUT2D eigenvalue weighted by Crippen LogP contribution is 2.36. The highest BCUT2D eigenvalue weighted by Gasteiger charge is 2.37. The van der Waals surface area contributed by atoms with Crippen LogP contribution in [0.3, 0.4) is 0 Å². The molecular weight excluding hydrogens is 474 g/mol. The summed E-state index contributed by atoms with van der Waals surface area (Å²) in [6, 6.07) is 21.2. The number of fused-ring (bicyclic) bond motifs is 1. The summed E-state index contributed by atoms with van der Waals surface area (Å²) in [6.45, 7) is 4.41. The summed E-state index contributed by atoms with van der Waals surface area (Å²) in [5.41, 5.74) is 4.55. The lowest BCUT2D eigenvalue weighted by atomic mass is 9.92. The molecule has 3 aromatic carbocycles. The Kier molecular flexibility index (Phi) is 7.86. The van der Waals surface area contributed by atoms with Crippen LogP contribution < -0.4 is 10.6 Å². The Labute approximate surface area is 212 Å².